The average molecular weight is 916 g/mol. The molecule has 2 saturated heterocycles. The molecule has 16 heteroatoms. The number of ether oxygens (including phenoxy) is 2. The maximum atomic E-state index is 14.7. The van der Waals surface area contributed by atoms with Gasteiger partial charge in [-0.3, -0.25) is 24.0 Å². The van der Waals surface area contributed by atoms with E-state index in [0.717, 1.165) is 22.6 Å². The summed E-state index contributed by atoms with van der Waals surface area (Å²) in [6.45, 7) is 13.5. The number of thiazole rings is 1. The second kappa shape index (κ2) is 23.7. The zero-order valence-corrected chi connectivity index (χ0v) is 40.2. The van der Waals surface area contributed by atoms with Crippen LogP contribution in [-0.2, 0) is 46.5 Å². The standard InChI is InChI=1S/C49H69N7O8S/c1-30(2)39(53-49(62)64-29-35-20-14-11-15-21-35)44(58)52-40(31(3)4)47(60)54(8)41(32(5)6)48(61)56-26-17-23-38(56)46(59)55-25-16-22-37(55)42(63-9)33(7)43(57)51-36(45-50-24-27-65-45)28-34-18-12-10-13-19-34/h10-15,18-21,24,27,30-33,36-42H,16-17,22-23,25-26,28-29H2,1-9H3,(H,51,57)(H,52,58)(H,53,62)/t33-,36+,37+,38+,39+,40+,41+,42-/m1/s1. The van der Waals surface area contributed by atoms with Crippen LogP contribution in [0.25, 0.3) is 0 Å². The van der Waals surface area contributed by atoms with Crippen molar-refractivity contribution in [1.29, 1.82) is 0 Å². The van der Waals surface area contributed by atoms with Gasteiger partial charge in [-0.15, -0.1) is 11.3 Å². The molecule has 0 saturated carbocycles. The zero-order chi connectivity index (χ0) is 47.4. The van der Waals surface area contributed by atoms with Crippen LogP contribution in [0.2, 0.25) is 0 Å². The van der Waals surface area contributed by atoms with Crippen molar-refractivity contribution in [1.82, 2.24) is 35.6 Å². The maximum absolute atomic E-state index is 14.7. The van der Waals surface area contributed by atoms with Crippen LogP contribution in [0.4, 0.5) is 4.79 Å². The molecule has 1 aromatic heterocycles. The third kappa shape index (κ3) is 12.9. The lowest BCUT2D eigenvalue weighted by atomic mass is 9.93. The molecule has 0 unspecified atom stereocenters. The van der Waals surface area contributed by atoms with E-state index in [2.05, 4.69) is 20.9 Å². The molecule has 3 aromatic rings. The van der Waals surface area contributed by atoms with Gasteiger partial charge in [-0.2, -0.15) is 0 Å². The Kier molecular flexibility index (Phi) is 18.5. The Morgan fingerprint density at radius 1 is 0.769 bits per heavy atom. The lowest BCUT2D eigenvalue weighted by Crippen LogP contribution is -2.61. The molecule has 8 atom stereocenters. The molecule has 5 rings (SSSR count). The fourth-order valence-corrected chi connectivity index (χ4v) is 9.79. The molecule has 354 valence electrons. The highest BCUT2D eigenvalue weighted by Gasteiger charge is 2.47. The number of amides is 6. The van der Waals surface area contributed by atoms with Crippen molar-refractivity contribution >= 4 is 47.0 Å². The monoisotopic (exact) mass is 915 g/mol. The van der Waals surface area contributed by atoms with Crippen LogP contribution < -0.4 is 16.0 Å². The van der Waals surface area contributed by atoms with Crippen LogP contribution in [0.1, 0.15) is 96.3 Å². The lowest BCUT2D eigenvalue weighted by molar-refractivity contribution is -0.154. The molecule has 2 aliphatic heterocycles. The first-order valence-corrected chi connectivity index (χ1v) is 23.8. The molecule has 0 spiro atoms. The summed E-state index contributed by atoms with van der Waals surface area (Å²) in [6.07, 6.45) is 3.35. The Balaban J connectivity index is 1.25. The van der Waals surface area contributed by atoms with Gasteiger partial charge in [0.2, 0.25) is 29.5 Å². The van der Waals surface area contributed by atoms with Gasteiger partial charge in [0.25, 0.3) is 0 Å². The first kappa shape index (κ1) is 50.6. The molecule has 15 nitrogen and oxygen atoms in total. The number of hydrogen-bond donors (Lipinski definition) is 3. The summed E-state index contributed by atoms with van der Waals surface area (Å²) >= 11 is 1.48. The van der Waals surface area contributed by atoms with Crippen LogP contribution in [-0.4, -0.2) is 119 Å². The van der Waals surface area contributed by atoms with E-state index < -0.39 is 60.1 Å². The molecular formula is C49H69N7O8S. The largest absolute Gasteiger partial charge is 0.445 e. The van der Waals surface area contributed by atoms with Gasteiger partial charge in [0.15, 0.2) is 0 Å². The minimum Gasteiger partial charge on any atom is -0.445 e. The van der Waals surface area contributed by atoms with Gasteiger partial charge in [-0.1, -0.05) is 109 Å². The fourth-order valence-electron chi connectivity index (χ4n) is 9.10. The van der Waals surface area contributed by atoms with Crippen LogP contribution >= 0.6 is 11.3 Å². The smallest absolute Gasteiger partial charge is 0.408 e. The topological polar surface area (TPSA) is 180 Å². The Morgan fingerprint density at radius 2 is 1.38 bits per heavy atom. The minimum atomic E-state index is -1.02. The van der Waals surface area contributed by atoms with Crippen molar-refractivity contribution in [3.63, 3.8) is 0 Å². The van der Waals surface area contributed by atoms with Crippen molar-refractivity contribution in [2.45, 2.75) is 130 Å². The van der Waals surface area contributed by atoms with Crippen LogP contribution in [0.5, 0.6) is 0 Å². The second-order valence-electron chi connectivity index (χ2n) is 18.3. The molecule has 65 heavy (non-hydrogen) atoms. The predicted molar refractivity (Wildman–Crippen MR) is 249 cm³/mol. The third-order valence-electron chi connectivity index (χ3n) is 12.6. The number of benzene rings is 2. The highest BCUT2D eigenvalue weighted by Crippen LogP contribution is 2.32. The minimum absolute atomic E-state index is 0.0282. The van der Waals surface area contributed by atoms with Crippen molar-refractivity contribution in [3.05, 3.63) is 88.4 Å². The number of nitrogens with zero attached hydrogens (tertiary/aromatic N) is 4. The van der Waals surface area contributed by atoms with Gasteiger partial charge in [0.05, 0.1) is 24.1 Å². The van der Waals surface area contributed by atoms with Crippen molar-refractivity contribution in [2.24, 2.45) is 23.7 Å². The number of rotatable bonds is 20. The number of nitrogens with one attached hydrogen (secondary N) is 3. The lowest BCUT2D eigenvalue weighted by Gasteiger charge is -2.39. The number of likely N-dealkylation sites (tertiary alicyclic amines) is 2. The van der Waals surface area contributed by atoms with Crippen molar-refractivity contribution < 1.29 is 38.2 Å². The van der Waals surface area contributed by atoms with E-state index in [0.29, 0.717) is 38.8 Å². The predicted octanol–water partition coefficient (Wildman–Crippen LogP) is 5.75. The highest BCUT2D eigenvalue weighted by molar-refractivity contribution is 7.09. The van der Waals surface area contributed by atoms with Gasteiger partial charge in [0, 0.05) is 38.8 Å². The first-order valence-electron chi connectivity index (χ1n) is 23.0. The van der Waals surface area contributed by atoms with Crippen molar-refractivity contribution in [2.75, 3.05) is 27.2 Å². The number of carbonyl (C=O) groups excluding carboxylic acids is 6. The normalized spacial score (nSPS) is 19.0. The summed E-state index contributed by atoms with van der Waals surface area (Å²) in [4.78, 5) is 93.6. The fraction of sp³-hybridized carbons (Fsp3) is 0.571. The van der Waals surface area contributed by atoms with E-state index in [1.54, 1.807) is 57.8 Å². The SMILES string of the molecule is CO[C@H]([C@@H](C)C(=O)N[C@@H](Cc1ccccc1)c1nccs1)[C@@H]1CCCN1C(=O)[C@@H]1CCCN1C(=O)[C@H](C(C)C)N(C)C(=O)[C@@H](NC(=O)[C@@H](NC(=O)OCc1ccccc1)C(C)C)C(C)C. The maximum Gasteiger partial charge on any atom is 0.408 e. The Bertz CT molecular complexity index is 2040. The third-order valence-corrected chi connectivity index (χ3v) is 13.5. The number of methoxy groups -OCH3 is 1. The Hall–Kier alpha value is -5.35. The molecular weight excluding hydrogens is 847 g/mol. The molecule has 0 aliphatic carbocycles. The molecule has 2 aliphatic rings. The van der Waals surface area contributed by atoms with Crippen molar-refractivity contribution in [3.8, 4) is 0 Å². The van der Waals surface area contributed by atoms with E-state index in [9.17, 15) is 28.8 Å². The Morgan fingerprint density at radius 3 is 1.97 bits per heavy atom. The summed E-state index contributed by atoms with van der Waals surface area (Å²) in [6, 6.07) is 14.7. The van der Waals surface area contributed by atoms with E-state index in [-0.39, 0.29) is 48.1 Å². The van der Waals surface area contributed by atoms with Gasteiger partial charge in [0.1, 0.15) is 35.8 Å². The summed E-state index contributed by atoms with van der Waals surface area (Å²) < 4.78 is 11.4. The first-order chi connectivity index (χ1) is 31.0. The molecule has 0 radical (unpaired) electrons. The van der Waals surface area contributed by atoms with E-state index in [4.69, 9.17) is 9.47 Å². The van der Waals surface area contributed by atoms with Gasteiger partial charge in [-0.25, -0.2) is 9.78 Å². The Labute approximate surface area is 388 Å². The van der Waals surface area contributed by atoms with Gasteiger partial charge < -0.3 is 40.1 Å². The summed E-state index contributed by atoms with van der Waals surface area (Å²) in [7, 11) is 3.13. The molecule has 6 amide bonds. The van der Waals surface area contributed by atoms with Crippen LogP contribution in [0, 0.1) is 23.7 Å². The number of hydrogen-bond acceptors (Lipinski definition) is 10. The summed E-state index contributed by atoms with van der Waals surface area (Å²) in [5.74, 6) is -3.43. The summed E-state index contributed by atoms with van der Waals surface area (Å²) in [5.41, 5.74) is 1.86. The number of aromatic nitrogens is 1. The molecule has 2 aromatic carbocycles. The average Bonchev–Trinajstić information content (AvgIpc) is 4.10. The molecule has 3 N–H and O–H groups in total. The molecule has 2 fully saturated rings. The van der Waals surface area contributed by atoms with E-state index in [1.807, 2.05) is 86.8 Å². The van der Waals surface area contributed by atoms with E-state index in [1.165, 1.54) is 16.2 Å². The number of carbonyl (C=O) groups is 6. The molecule has 3 heterocycles. The highest BCUT2D eigenvalue weighted by atomic mass is 32.1. The quantitative estimate of drug-likeness (QED) is 0.127. The second-order valence-corrected chi connectivity index (χ2v) is 19.3. The van der Waals surface area contributed by atoms with E-state index >= 15 is 0 Å². The summed E-state index contributed by atoms with van der Waals surface area (Å²) in [5, 5.41) is 11.4. The number of likely N-dealkylation sites (N-methyl/N-ethyl adjacent to an activating group) is 1. The van der Waals surface area contributed by atoms with Crippen LogP contribution in [0.15, 0.2) is 72.2 Å². The zero-order valence-electron chi connectivity index (χ0n) is 39.4. The van der Waals surface area contributed by atoms with Crippen LogP contribution in [0.3, 0.4) is 0 Å². The molecule has 0 bridgehead atoms. The number of alkyl carbamates (subject to hydrolysis) is 1. The van der Waals surface area contributed by atoms with Gasteiger partial charge >= 0.3 is 6.09 Å². The van der Waals surface area contributed by atoms with Gasteiger partial charge in [-0.05, 0) is 61.0 Å².